The highest BCUT2D eigenvalue weighted by molar-refractivity contribution is 14.1. The lowest BCUT2D eigenvalue weighted by molar-refractivity contribution is 0.340. The molecule has 0 fully saturated rings. The van der Waals surface area contributed by atoms with E-state index in [0.717, 1.165) is 12.4 Å². The van der Waals surface area contributed by atoms with Gasteiger partial charge in [-0.3, -0.25) is 0 Å². The third-order valence-electron chi connectivity index (χ3n) is 2.06. The quantitative estimate of drug-likeness (QED) is 0.754. The molecule has 74 valence electrons. The molecule has 0 amide bonds. The Balaban J connectivity index is 2.59. The van der Waals surface area contributed by atoms with Gasteiger partial charge in [0, 0.05) is 4.70 Å². The Bertz CT molecular complexity index is 462. The Hall–Kier alpha value is -0.290. The monoisotopic (exact) mass is 318 g/mol. The molecule has 0 aliphatic rings. The summed E-state index contributed by atoms with van der Waals surface area (Å²) in [6.45, 7) is 4.88. The minimum Gasteiger partial charge on any atom is -0.494 e. The fourth-order valence-electron chi connectivity index (χ4n) is 1.51. The van der Waals surface area contributed by atoms with Crippen molar-refractivity contribution in [1.29, 1.82) is 0 Å². The molecule has 3 heteroatoms. The fraction of sp³-hybridized carbons (Fsp3) is 0.273. The van der Waals surface area contributed by atoms with E-state index < -0.39 is 0 Å². The molecule has 1 aromatic carbocycles. The topological polar surface area (TPSA) is 9.23 Å². The van der Waals surface area contributed by atoms with E-state index in [9.17, 15) is 0 Å². The van der Waals surface area contributed by atoms with Gasteiger partial charge in [-0.25, -0.2) is 0 Å². The second-order valence-corrected chi connectivity index (χ2v) is 6.09. The van der Waals surface area contributed by atoms with Crippen LogP contribution in [0.3, 0.4) is 0 Å². The van der Waals surface area contributed by atoms with Gasteiger partial charge in [0.15, 0.2) is 0 Å². The molecule has 2 rings (SSSR count). The summed E-state index contributed by atoms with van der Waals surface area (Å²) in [6, 6.07) is 6.43. The molecular formula is C11H11IOS. The van der Waals surface area contributed by atoms with Crippen LogP contribution in [0.4, 0.5) is 0 Å². The molecule has 0 radical (unpaired) electrons. The van der Waals surface area contributed by atoms with E-state index in [4.69, 9.17) is 4.74 Å². The Morgan fingerprint density at radius 3 is 2.86 bits per heavy atom. The molecule has 1 heterocycles. The number of hydrogen-bond acceptors (Lipinski definition) is 2. The van der Waals surface area contributed by atoms with Crippen molar-refractivity contribution in [2.75, 3.05) is 6.61 Å². The second-order valence-electron chi connectivity index (χ2n) is 3.14. The number of hydrogen-bond donors (Lipinski definition) is 0. The molecular weight excluding hydrogens is 307 g/mol. The van der Waals surface area contributed by atoms with Crippen LogP contribution in [-0.4, -0.2) is 6.61 Å². The summed E-state index contributed by atoms with van der Waals surface area (Å²) >= 11 is 4.20. The van der Waals surface area contributed by atoms with E-state index in [-0.39, 0.29) is 0 Å². The Labute approximate surface area is 101 Å². The molecule has 0 bridgehead atoms. The van der Waals surface area contributed by atoms with Crippen LogP contribution in [0, 0.1) is 9.81 Å². The van der Waals surface area contributed by atoms with E-state index in [0.29, 0.717) is 0 Å². The van der Waals surface area contributed by atoms with Crippen LogP contribution in [0.5, 0.6) is 5.75 Å². The van der Waals surface area contributed by atoms with Crippen molar-refractivity contribution in [3.63, 3.8) is 0 Å². The van der Waals surface area contributed by atoms with E-state index in [1.165, 1.54) is 18.5 Å². The van der Waals surface area contributed by atoms with Crippen molar-refractivity contribution in [3.05, 3.63) is 26.6 Å². The minimum absolute atomic E-state index is 0.728. The molecule has 0 atom stereocenters. The largest absolute Gasteiger partial charge is 0.494 e. The molecule has 0 saturated heterocycles. The molecule has 0 spiro atoms. The summed E-state index contributed by atoms with van der Waals surface area (Å²) in [6.07, 6.45) is 0. The molecule has 0 aliphatic carbocycles. The van der Waals surface area contributed by atoms with Crippen molar-refractivity contribution in [2.45, 2.75) is 13.8 Å². The van der Waals surface area contributed by atoms with Crippen LogP contribution in [-0.2, 0) is 0 Å². The Morgan fingerprint density at radius 2 is 2.14 bits per heavy atom. The van der Waals surface area contributed by atoms with Gasteiger partial charge in [-0.2, -0.15) is 0 Å². The lowest BCUT2D eigenvalue weighted by Gasteiger charge is -2.04. The number of halogens is 1. The molecule has 0 saturated carbocycles. The van der Waals surface area contributed by atoms with Crippen LogP contribution >= 0.6 is 33.9 Å². The SMILES string of the molecule is CCOc1cc(C)c2sc(I)cc2c1. The number of ether oxygens (including phenoxy) is 1. The Kier molecular flexibility index (Phi) is 2.97. The summed E-state index contributed by atoms with van der Waals surface area (Å²) in [5.41, 5.74) is 1.30. The van der Waals surface area contributed by atoms with Crippen molar-refractivity contribution in [1.82, 2.24) is 0 Å². The Morgan fingerprint density at radius 1 is 1.36 bits per heavy atom. The summed E-state index contributed by atoms with van der Waals surface area (Å²) < 4.78 is 8.21. The van der Waals surface area contributed by atoms with Gasteiger partial charge in [-0.05, 0) is 65.6 Å². The molecule has 14 heavy (non-hydrogen) atoms. The molecule has 0 N–H and O–H groups in total. The van der Waals surface area contributed by atoms with Crippen LogP contribution in [0.2, 0.25) is 0 Å². The summed E-state index contributed by atoms with van der Waals surface area (Å²) in [4.78, 5) is 0. The first-order valence-corrected chi connectivity index (χ1v) is 6.42. The van der Waals surface area contributed by atoms with E-state index >= 15 is 0 Å². The normalized spacial score (nSPS) is 10.8. The zero-order chi connectivity index (χ0) is 10.1. The van der Waals surface area contributed by atoms with Gasteiger partial charge in [-0.1, -0.05) is 0 Å². The summed E-state index contributed by atoms with van der Waals surface area (Å²) in [5, 5.41) is 1.29. The van der Waals surface area contributed by atoms with Crippen LogP contribution in [0.1, 0.15) is 12.5 Å². The van der Waals surface area contributed by atoms with Gasteiger partial charge in [0.2, 0.25) is 0 Å². The van der Waals surface area contributed by atoms with E-state index in [1.54, 1.807) is 0 Å². The van der Waals surface area contributed by atoms with Crippen molar-refractivity contribution < 1.29 is 4.74 Å². The molecule has 0 aliphatic heterocycles. The minimum atomic E-state index is 0.728. The van der Waals surface area contributed by atoms with Crippen molar-refractivity contribution in [3.8, 4) is 5.75 Å². The van der Waals surface area contributed by atoms with Gasteiger partial charge in [0.05, 0.1) is 9.49 Å². The highest BCUT2D eigenvalue weighted by Crippen LogP contribution is 2.32. The van der Waals surface area contributed by atoms with Crippen molar-refractivity contribution >= 4 is 44.0 Å². The predicted molar refractivity (Wildman–Crippen MR) is 70.4 cm³/mol. The molecule has 2 aromatic rings. The van der Waals surface area contributed by atoms with Gasteiger partial charge < -0.3 is 4.74 Å². The highest BCUT2D eigenvalue weighted by Gasteiger charge is 2.04. The van der Waals surface area contributed by atoms with Gasteiger partial charge in [0.25, 0.3) is 0 Å². The third-order valence-corrected chi connectivity index (χ3v) is 4.10. The molecule has 1 nitrogen and oxygen atoms in total. The zero-order valence-corrected chi connectivity index (χ0v) is 11.1. The lowest BCUT2D eigenvalue weighted by atomic mass is 10.2. The molecule has 0 unspecified atom stereocenters. The van der Waals surface area contributed by atoms with Crippen LogP contribution in [0.25, 0.3) is 10.1 Å². The number of fused-ring (bicyclic) bond motifs is 1. The maximum absolute atomic E-state index is 5.51. The first-order chi connectivity index (χ1) is 6.70. The predicted octanol–water partition coefficient (Wildman–Crippen LogP) is 4.21. The van der Waals surface area contributed by atoms with Gasteiger partial charge >= 0.3 is 0 Å². The lowest BCUT2D eigenvalue weighted by Crippen LogP contribution is -1.91. The zero-order valence-electron chi connectivity index (χ0n) is 8.13. The summed E-state index contributed by atoms with van der Waals surface area (Å²) in [7, 11) is 0. The standard InChI is InChI=1S/C11H11IOS/c1-3-13-9-4-7(2)11-8(5-9)6-10(12)14-11/h4-6H,3H2,1-2H3. The molecule has 1 aromatic heterocycles. The number of rotatable bonds is 2. The van der Waals surface area contributed by atoms with Gasteiger partial charge in [-0.15, -0.1) is 11.3 Å². The second kappa shape index (κ2) is 4.06. The van der Waals surface area contributed by atoms with E-state index in [2.05, 4.69) is 47.7 Å². The third kappa shape index (κ3) is 1.88. The van der Waals surface area contributed by atoms with Crippen LogP contribution in [0.15, 0.2) is 18.2 Å². The number of aryl methyl sites for hydroxylation is 1. The fourth-order valence-corrected chi connectivity index (χ4v) is 3.35. The van der Waals surface area contributed by atoms with Gasteiger partial charge in [0.1, 0.15) is 5.75 Å². The first-order valence-electron chi connectivity index (χ1n) is 4.53. The smallest absolute Gasteiger partial charge is 0.120 e. The average Bonchev–Trinajstić information content (AvgIpc) is 2.47. The average molecular weight is 318 g/mol. The maximum Gasteiger partial charge on any atom is 0.120 e. The summed E-state index contributed by atoms with van der Waals surface area (Å²) in [5.74, 6) is 0.978. The maximum atomic E-state index is 5.51. The highest BCUT2D eigenvalue weighted by atomic mass is 127. The number of benzene rings is 1. The van der Waals surface area contributed by atoms with Crippen LogP contribution < -0.4 is 4.74 Å². The van der Waals surface area contributed by atoms with E-state index in [1.807, 2.05) is 18.3 Å². The first kappa shape index (κ1) is 10.2. The van der Waals surface area contributed by atoms with Crippen molar-refractivity contribution in [2.24, 2.45) is 0 Å². The number of thiophene rings is 1.